The van der Waals surface area contributed by atoms with Crippen molar-refractivity contribution < 1.29 is 22.7 Å². The van der Waals surface area contributed by atoms with Gasteiger partial charge in [0.2, 0.25) is 5.91 Å². The van der Waals surface area contributed by atoms with Crippen LogP contribution in [0.3, 0.4) is 0 Å². The number of pyridine rings is 1. The summed E-state index contributed by atoms with van der Waals surface area (Å²) in [5.41, 5.74) is -0.293. The molecule has 1 saturated heterocycles. The van der Waals surface area contributed by atoms with Crippen molar-refractivity contribution in [3.63, 3.8) is 0 Å². The van der Waals surface area contributed by atoms with E-state index in [-0.39, 0.29) is 23.1 Å². The van der Waals surface area contributed by atoms with Gasteiger partial charge in [0.1, 0.15) is 11.4 Å². The predicted molar refractivity (Wildman–Crippen MR) is 111 cm³/mol. The molecular formula is C22H20F3N5O2. The van der Waals surface area contributed by atoms with Gasteiger partial charge < -0.3 is 15.4 Å². The topological polar surface area (TPSA) is 89.0 Å². The Morgan fingerprint density at radius 1 is 1.25 bits per heavy atom. The third-order valence-corrected chi connectivity index (χ3v) is 6.33. The number of amides is 1. The van der Waals surface area contributed by atoms with Gasteiger partial charge in [-0.2, -0.15) is 13.2 Å². The Balaban J connectivity index is 1.51. The molecule has 0 spiro atoms. The van der Waals surface area contributed by atoms with Gasteiger partial charge in [-0.3, -0.25) is 9.78 Å². The summed E-state index contributed by atoms with van der Waals surface area (Å²) < 4.78 is 44.6. The minimum atomic E-state index is -4.48. The van der Waals surface area contributed by atoms with E-state index in [4.69, 9.17) is 4.74 Å². The van der Waals surface area contributed by atoms with Crippen molar-refractivity contribution >= 4 is 22.5 Å². The number of hydrogen-bond acceptors (Lipinski definition) is 6. The smallest absolute Gasteiger partial charge is 0.416 e. The molecule has 2 N–H and O–H groups in total. The van der Waals surface area contributed by atoms with Gasteiger partial charge in [0, 0.05) is 41.2 Å². The molecule has 7 nitrogen and oxygen atoms in total. The Morgan fingerprint density at radius 3 is 2.78 bits per heavy atom. The molecule has 3 aromatic rings. The minimum absolute atomic E-state index is 0.0532. The number of carbonyl (C=O) groups is 1. The lowest BCUT2D eigenvalue weighted by Gasteiger charge is -2.28. The number of alkyl halides is 3. The summed E-state index contributed by atoms with van der Waals surface area (Å²) in [6, 6.07) is 5.03. The molecule has 1 aliphatic carbocycles. The number of methoxy groups -OCH3 is 1. The van der Waals surface area contributed by atoms with Crippen LogP contribution in [0.15, 0.2) is 36.7 Å². The van der Waals surface area contributed by atoms with Crippen LogP contribution in [0.1, 0.15) is 24.8 Å². The molecule has 2 atom stereocenters. The highest BCUT2D eigenvalue weighted by molar-refractivity contribution is 6.00. The minimum Gasteiger partial charge on any atom is -0.496 e. The first kappa shape index (κ1) is 20.5. The summed E-state index contributed by atoms with van der Waals surface area (Å²) in [5, 5.41) is 16.3. The average Bonchev–Trinajstić information content (AvgIpc) is 3.34. The van der Waals surface area contributed by atoms with Crippen molar-refractivity contribution in [2.75, 3.05) is 19.0 Å². The number of hydrogen-bond donors (Lipinski definition) is 2. The molecule has 166 valence electrons. The fourth-order valence-electron chi connectivity index (χ4n) is 4.67. The third kappa shape index (κ3) is 3.39. The molecule has 1 aromatic carbocycles. The number of halogens is 3. The molecule has 3 heterocycles. The van der Waals surface area contributed by atoms with Gasteiger partial charge in [0.25, 0.3) is 0 Å². The maximum absolute atomic E-state index is 13.1. The number of carbonyl (C=O) groups excluding carboxylic acids is 1. The first-order valence-electron chi connectivity index (χ1n) is 10.2. The molecule has 32 heavy (non-hydrogen) atoms. The third-order valence-electron chi connectivity index (χ3n) is 6.33. The lowest BCUT2D eigenvalue weighted by Crippen LogP contribution is -2.48. The highest BCUT2D eigenvalue weighted by atomic mass is 19.4. The highest BCUT2D eigenvalue weighted by Crippen LogP contribution is 2.42. The van der Waals surface area contributed by atoms with Crippen molar-refractivity contribution in [3.8, 4) is 17.0 Å². The van der Waals surface area contributed by atoms with Crippen molar-refractivity contribution in [2.24, 2.45) is 5.92 Å². The molecule has 10 heteroatoms. The van der Waals surface area contributed by atoms with E-state index < -0.39 is 11.7 Å². The molecule has 2 unspecified atom stereocenters. The van der Waals surface area contributed by atoms with Crippen LogP contribution in [-0.2, 0) is 11.0 Å². The van der Waals surface area contributed by atoms with Crippen molar-refractivity contribution in [1.82, 2.24) is 20.5 Å². The average molecular weight is 443 g/mol. The van der Waals surface area contributed by atoms with Gasteiger partial charge in [-0.05, 0) is 43.5 Å². The molecule has 5 rings (SSSR count). The van der Waals surface area contributed by atoms with Crippen LogP contribution in [0.2, 0.25) is 0 Å². The van der Waals surface area contributed by atoms with E-state index in [1.54, 1.807) is 18.5 Å². The number of aromatic nitrogens is 3. The summed E-state index contributed by atoms with van der Waals surface area (Å²) in [6.07, 6.45) is 1.32. The van der Waals surface area contributed by atoms with Crippen molar-refractivity contribution in [1.29, 1.82) is 0 Å². The fraction of sp³-hybridized carbons (Fsp3) is 0.364. The van der Waals surface area contributed by atoms with E-state index in [0.29, 0.717) is 34.4 Å². The largest absolute Gasteiger partial charge is 0.496 e. The lowest BCUT2D eigenvalue weighted by atomic mass is 9.99. The van der Waals surface area contributed by atoms with Gasteiger partial charge >= 0.3 is 6.18 Å². The molecule has 2 bridgehead atoms. The van der Waals surface area contributed by atoms with E-state index in [2.05, 4.69) is 25.8 Å². The number of fused-ring (bicyclic) bond motifs is 3. The van der Waals surface area contributed by atoms with Crippen LogP contribution >= 0.6 is 0 Å². The number of rotatable bonds is 5. The quantitative estimate of drug-likeness (QED) is 0.624. The first-order chi connectivity index (χ1) is 15.3. The summed E-state index contributed by atoms with van der Waals surface area (Å²) in [4.78, 5) is 16.1. The normalized spacial score (nSPS) is 22.2. The Kier molecular flexibility index (Phi) is 4.68. The Morgan fingerprint density at radius 2 is 2.09 bits per heavy atom. The number of piperidine rings is 1. The van der Waals surface area contributed by atoms with Crippen LogP contribution in [0.5, 0.6) is 5.75 Å². The molecule has 2 aliphatic rings. The Bertz CT molecular complexity index is 1220. The molecular weight excluding hydrogens is 423 g/mol. The van der Waals surface area contributed by atoms with Gasteiger partial charge in [-0.15, -0.1) is 10.2 Å². The lowest BCUT2D eigenvalue weighted by molar-refractivity contribution is -0.137. The molecule has 1 amide bonds. The molecule has 1 saturated carbocycles. The van der Waals surface area contributed by atoms with Gasteiger partial charge in [-0.25, -0.2) is 0 Å². The van der Waals surface area contributed by atoms with E-state index in [0.717, 1.165) is 31.4 Å². The summed E-state index contributed by atoms with van der Waals surface area (Å²) in [7, 11) is 1.32. The Hall–Kier alpha value is -3.43. The molecule has 0 radical (unpaired) electrons. The molecule has 2 fully saturated rings. The van der Waals surface area contributed by atoms with Crippen molar-refractivity contribution in [3.05, 3.63) is 42.2 Å². The van der Waals surface area contributed by atoms with Gasteiger partial charge in [0.15, 0.2) is 5.82 Å². The maximum Gasteiger partial charge on any atom is 0.416 e. The standard InChI is InChI=1S/C22H20F3N5O2/c1-32-17-8-13(22(23,24)25)2-3-15(17)18-14-5-7-26-10-16(14)19(30-29-18)27-11-21-6-4-12(9-21)20(31)28-21/h2-3,5,7-8,10,12H,4,6,9,11H2,1H3,(H,27,30)(H,28,31). The molecule has 2 aromatic heterocycles. The van der Waals surface area contributed by atoms with Gasteiger partial charge in [-0.1, -0.05) is 0 Å². The zero-order chi connectivity index (χ0) is 22.5. The highest BCUT2D eigenvalue weighted by Gasteiger charge is 2.49. The first-order valence-corrected chi connectivity index (χ1v) is 10.2. The fourth-order valence-corrected chi connectivity index (χ4v) is 4.67. The number of anilines is 1. The second-order valence-electron chi connectivity index (χ2n) is 8.29. The van der Waals surface area contributed by atoms with Gasteiger partial charge in [0.05, 0.1) is 18.2 Å². The zero-order valence-electron chi connectivity index (χ0n) is 17.2. The zero-order valence-corrected chi connectivity index (χ0v) is 17.2. The maximum atomic E-state index is 13.1. The number of benzene rings is 1. The van der Waals surface area contributed by atoms with Crippen LogP contribution in [0.4, 0.5) is 19.0 Å². The summed E-state index contributed by atoms with van der Waals surface area (Å²) in [6.45, 7) is 0.511. The summed E-state index contributed by atoms with van der Waals surface area (Å²) in [5.74, 6) is 0.732. The number of ether oxygens (including phenoxy) is 1. The van der Waals surface area contributed by atoms with E-state index >= 15 is 0 Å². The summed E-state index contributed by atoms with van der Waals surface area (Å²) >= 11 is 0. The SMILES string of the molecule is COc1cc(C(F)(F)F)ccc1-c1nnc(NCC23CCC(C2)C(=O)N3)c2cnccc12. The number of nitrogens with one attached hydrogen (secondary N) is 2. The van der Waals surface area contributed by atoms with E-state index in [9.17, 15) is 18.0 Å². The van der Waals surface area contributed by atoms with E-state index in [1.807, 2.05) is 0 Å². The van der Waals surface area contributed by atoms with Crippen molar-refractivity contribution in [2.45, 2.75) is 31.0 Å². The predicted octanol–water partition coefficient (Wildman–Crippen LogP) is 3.80. The van der Waals surface area contributed by atoms with E-state index in [1.165, 1.54) is 13.2 Å². The second kappa shape index (κ2) is 7.32. The van der Waals surface area contributed by atoms with Crippen LogP contribution in [0.25, 0.3) is 22.0 Å². The monoisotopic (exact) mass is 443 g/mol. The molecule has 1 aliphatic heterocycles. The number of nitrogens with zero attached hydrogens (tertiary/aromatic N) is 3. The van der Waals surface area contributed by atoms with Crippen LogP contribution in [0, 0.1) is 5.92 Å². The Labute approximate surface area is 181 Å². The van der Waals surface area contributed by atoms with Crippen LogP contribution in [-0.4, -0.2) is 40.3 Å². The second-order valence-corrected chi connectivity index (χ2v) is 8.29. The van der Waals surface area contributed by atoms with Crippen LogP contribution < -0.4 is 15.4 Å².